The minimum absolute atomic E-state index is 0.882. The van der Waals surface area contributed by atoms with Crippen LogP contribution in [0, 0.1) is 11.8 Å². The second kappa shape index (κ2) is 3.14. The fourth-order valence-corrected chi connectivity index (χ4v) is 2.14. The van der Waals surface area contributed by atoms with Crippen LogP contribution >= 0.6 is 0 Å². The monoisotopic (exact) mass is 156 g/mol. The van der Waals surface area contributed by atoms with Gasteiger partial charge in [0, 0.05) is 5.92 Å². The molecule has 0 aromatic rings. The summed E-state index contributed by atoms with van der Waals surface area (Å²) < 4.78 is 1.24. The van der Waals surface area contributed by atoms with E-state index in [4.69, 9.17) is 0 Å². The zero-order valence-electron chi connectivity index (χ0n) is 8.43. The summed E-state index contributed by atoms with van der Waals surface area (Å²) in [6.07, 6.45) is 2.88. The van der Waals surface area contributed by atoms with Gasteiger partial charge in [0.2, 0.25) is 0 Å². The van der Waals surface area contributed by atoms with Crippen molar-refractivity contribution in [1.29, 1.82) is 0 Å². The van der Waals surface area contributed by atoms with Gasteiger partial charge in [-0.25, -0.2) is 0 Å². The first kappa shape index (κ1) is 9.05. The zero-order valence-corrected chi connectivity index (χ0v) is 8.43. The molecule has 1 unspecified atom stereocenters. The first-order chi connectivity index (χ1) is 5.01. The Bertz CT molecular complexity index is 127. The van der Waals surface area contributed by atoms with Gasteiger partial charge in [-0.15, -0.1) is 0 Å². The fraction of sp³-hybridized carbons (Fsp3) is 1.00. The van der Waals surface area contributed by atoms with Crippen molar-refractivity contribution in [2.75, 3.05) is 27.2 Å². The summed E-state index contributed by atoms with van der Waals surface area (Å²) in [6.45, 7) is 7.48. The molecule has 1 rings (SSSR count). The van der Waals surface area contributed by atoms with Gasteiger partial charge in [0.1, 0.15) is 0 Å². The molecule has 1 aliphatic heterocycles. The van der Waals surface area contributed by atoms with Crippen LogP contribution in [0.2, 0.25) is 0 Å². The average Bonchev–Trinajstić information content (AvgIpc) is 1.85. The topological polar surface area (TPSA) is 0 Å². The Balaban J connectivity index is 2.46. The van der Waals surface area contributed by atoms with Gasteiger partial charge in [0.15, 0.2) is 0 Å². The highest BCUT2D eigenvalue weighted by Gasteiger charge is 2.28. The predicted molar refractivity (Wildman–Crippen MR) is 49.4 cm³/mol. The molecule has 1 aliphatic rings. The molecule has 1 nitrogen and oxygen atoms in total. The molecule has 0 saturated carbocycles. The number of rotatable bonds is 1. The lowest BCUT2D eigenvalue weighted by molar-refractivity contribution is -0.899. The van der Waals surface area contributed by atoms with Gasteiger partial charge in [-0.3, -0.25) is 0 Å². The van der Waals surface area contributed by atoms with E-state index in [2.05, 4.69) is 27.9 Å². The highest BCUT2D eigenvalue weighted by molar-refractivity contribution is 4.66. The SMILES string of the molecule is CC(C)C1CCC[N+](C)(C)C1. The maximum Gasteiger partial charge on any atom is 0.0813 e. The minimum atomic E-state index is 0.882. The van der Waals surface area contributed by atoms with E-state index in [0.29, 0.717) is 0 Å². The summed E-state index contributed by atoms with van der Waals surface area (Å²) in [4.78, 5) is 0. The molecule has 0 aromatic carbocycles. The lowest BCUT2D eigenvalue weighted by Gasteiger charge is -2.39. The lowest BCUT2D eigenvalue weighted by atomic mass is 9.87. The summed E-state index contributed by atoms with van der Waals surface area (Å²) >= 11 is 0. The van der Waals surface area contributed by atoms with E-state index in [1.54, 1.807) is 0 Å². The van der Waals surface area contributed by atoms with Crippen molar-refractivity contribution in [3.05, 3.63) is 0 Å². The van der Waals surface area contributed by atoms with Crippen LogP contribution in [0.4, 0.5) is 0 Å². The van der Waals surface area contributed by atoms with Crippen LogP contribution in [0.5, 0.6) is 0 Å². The Labute approximate surface area is 71.0 Å². The Morgan fingerprint density at radius 1 is 1.27 bits per heavy atom. The Kier molecular flexibility index (Phi) is 2.58. The molecule has 11 heavy (non-hydrogen) atoms. The number of quaternary nitrogens is 1. The molecule has 0 spiro atoms. The van der Waals surface area contributed by atoms with Crippen LogP contribution in [-0.2, 0) is 0 Å². The number of likely N-dealkylation sites (tertiary alicyclic amines) is 1. The smallest absolute Gasteiger partial charge is 0.0813 e. The van der Waals surface area contributed by atoms with E-state index in [-0.39, 0.29) is 0 Å². The average molecular weight is 156 g/mol. The van der Waals surface area contributed by atoms with Crippen LogP contribution < -0.4 is 0 Å². The molecule has 1 heterocycles. The van der Waals surface area contributed by atoms with Crippen molar-refractivity contribution in [3.8, 4) is 0 Å². The first-order valence-electron chi connectivity index (χ1n) is 4.83. The van der Waals surface area contributed by atoms with E-state index in [9.17, 15) is 0 Å². The van der Waals surface area contributed by atoms with E-state index < -0.39 is 0 Å². The van der Waals surface area contributed by atoms with Crippen molar-refractivity contribution >= 4 is 0 Å². The molecule has 0 aromatic heterocycles. The van der Waals surface area contributed by atoms with Crippen LogP contribution in [-0.4, -0.2) is 31.7 Å². The molecule has 1 atom stereocenters. The zero-order chi connectivity index (χ0) is 8.48. The van der Waals surface area contributed by atoms with Crippen molar-refractivity contribution in [2.24, 2.45) is 11.8 Å². The molecule has 1 fully saturated rings. The first-order valence-corrected chi connectivity index (χ1v) is 4.83. The Morgan fingerprint density at radius 3 is 2.27 bits per heavy atom. The second-order valence-corrected chi connectivity index (χ2v) is 4.99. The highest BCUT2D eigenvalue weighted by Crippen LogP contribution is 2.25. The summed E-state index contributed by atoms with van der Waals surface area (Å²) in [5.74, 6) is 1.85. The Hall–Kier alpha value is -0.0400. The molecule has 0 aliphatic carbocycles. The van der Waals surface area contributed by atoms with Gasteiger partial charge in [-0.05, 0) is 18.8 Å². The maximum absolute atomic E-state index is 2.36. The molecule has 66 valence electrons. The number of hydrogen-bond acceptors (Lipinski definition) is 0. The number of piperidine rings is 1. The summed E-state index contributed by atoms with van der Waals surface area (Å²) in [5, 5.41) is 0. The largest absolute Gasteiger partial charge is 0.328 e. The van der Waals surface area contributed by atoms with Crippen LogP contribution in [0.15, 0.2) is 0 Å². The van der Waals surface area contributed by atoms with Gasteiger partial charge >= 0.3 is 0 Å². The standard InChI is InChI=1S/C10H22N/c1-9(2)10-6-5-7-11(3,4)8-10/h9-10H,5-8H2,1-4H3/q+1. The van der Waals surface area contributed by atoms with Crippen LogP contribution in [0.1, 0.15) is 26.7 Å². The molecular formula is C10H22N+. The van der Waals surface area contributed by atoms with Gasteiger partial charge < -0.3 is 4.48 Å². The molecule has 0 N–H and O–H groups in total. The summed E-state index contributed by atoms with van der Waals surface area (Å²) in [6, 6.07) is 0. The van der Waals surface area contributed by atoms with Crippen LogP contribution in [0.25, 0.3) is 0 Å². The van der Waals surface area contributed by atoms with Gasteiger partial charge in [-0.2, -0.15) is 0 Å². The van der Waals surface area contributed by atoms with Crippen molar-refractivity contribution in [3.63, 3.8) is 0 Å². The predicted octanol–water partition coefficient (Wildman–Crippen LogP) is 2.13. The lowest BCUT2D eigenvalue weighted by Crippen LogP contribution is -2.48. The van der Waals surface area contributed by atoms with E-state index in [0.717, 1.165) is 11.8 Å². The molecule has 0 amide bonds. The molecule has 0 radical (unpaired) electrons. The van der Waals surface area contributed by atoms with Crippen molar-refractivity contribution in [2.45, 2.75) is 26.7 Å². The van der Waals surface area contributed by atoms with Crippen molar-refractivity contribution in [1.82, 2.24) is 0 Å². The normalized spacial score (nSPS) is 30.8. The molecule has 1 saturated heterocycles. The van der Waals surface area contributed by atoms with Crippen molar-refractivity contribution < 1.29 is 4.48 Å². The second-order valence-electron chi connectivity index (χ2n) is 4.99. The third-order valence-corrected chi connectivity index (χ3v) is 3.01. The quantitative estimate of drug-likeness (QED) is 0.510. The maximum atomic E-state index is 2.36. The Morgan fingerprint density at radius 2 is 1.91 bits per heavy atom. The summed E-state index contributed by atoms with van der Waals surface area (Å²) in [7, 11) is 4.71. The number of hydrogen-bond donors (Lipinski definition) is 0. The van der Waals surface area contributed by atoms with E-state index in [1.165, 1.54) is 30.4 Å². The molecular weight excluding hydrogens is 134 g/mol. The van der Waals surface area contributed by atoms with E-state index >= 15 is 0 Å². The fourth-order valence-electron chi connectivity index (χ4n) is 2.14. The molecule has 0 bridgehead atoms. The van der Waals surface area contributed by atoms with Gasteiger partial charge in [-0.1, -0.05) is 13.8 Å². The van der Waals surface area contributed by atoms with Gasteiger partial charge in [0.05, 0.1) is 27.2 Å². The minimum Gasteiger partial charge on any atom is -0.328 e. The highest BCUT2D eigenvalue weighted by atomic mass is 15.3. The van der Waals surface area contributed by atoms with Gasteiger partial charge in [0.25, 0.3) is 0 Å². The van der Waals surface area contributed by atoms with Crippen LogP contribution in [0.3, 0.4) is 0 Å². The number of nitrogens with zero attached hydrogens (tertiary/aromatic N) is 1. The third kappa shape index (κ3) is 2.48. The summed E-state index contributed by atoms with van der Waals surface area (Å²) in [5.41, 5.74) is 0. The van der Waals surface area contributed by atoms with E-state index in [1.807, 2.05) is 0 Å². The molecule has 1 heteroatoms. The third-order valence-electron chi connectivity index (χ3n) is 3.01.